The van der Waals surface area contributed by atoms with E-state index in [-0.39, 0.29) is 4.90 Å². The van der Waals surface area contributed by atoms with Gasteiger partial charge in [0.2, 0.25) is 0 Å². The Kier molecular flexibility index (Phi) is 5.52. The SMILES string of the molecule is CCN(C)C(C(=O)NS(=O)(=O)c1ccccc1)c1ccccc1. The van der Waals surface area contributed by atoms with Crippen molar-refractivity contribution in [1.82, 2.24) is 9.62 Å². The van der Waals surface area contributed by atoms with Crippen molar-refractivity contribution in [2.45, 2.75) is 17.9 Å². The fraction of sp³-hybridized carbons (Fsp3) is 0.235. The molecule has 0 spiro atoms. The van der Waals surface area contributed by atoms with Gasteiger partial charge in [-0.2, -0.15) is 0 Å². The lowest BCUT2D eigenvalue weighted by molar-refractivity contribution is -0.124. The maximum absolute atomic E-state index is 12.6. The average molecular weight is 332 g/mol. The van der Waals surface area contributed by atoms with Crippen molar-refractivity contribution in [2.75, 3.05) is 13.6 Å². The molecule has 1 atom stereocenters. The van der Waals surface area contributed by atoms with E-state index in [0.29, 0.717) is 6.54 Å². The third-order valence-electron chi connectivity index (χ3n) is 3.59. The first-order chi connectivity index (χ1) is 11.0. The zero-order valence-corrected chi connectivity index (χ0v) is 14.0. The van der Waals surface area contributed by atoms with Crippen LogP contribution in [-0.4, -0.2) is 32.8 Å². The van der Waals surface area contributed by atoms with Gasteiger partial charge in [0.15, 0.2) is 0 Å². The topological polar surface area (TPSA) is 66.5 Å². The van der Waals surface area contributed by atoms with Crippen molar-refractivity contribution in [3.05, 3.63) is 66.2 Å². The van der Waals surface area contributed by atoms with Gasteiger partial charge >= 0.3 is 0 Å². The molecule has 0 heterocycles. The number of amides is 1. The van der Waals surface area contributed by atoms with E-state index in [4.69, 9.17) is 0 Å². The molecular weight excluding hydrogens is 312 g/mol. The Bertz CT molecular complexity index is 746. The van der Waals surface area contributed by atoms with E-state index in [1.54, 1.807) is 30.1 Å². The zero-order valence-electron chi connectivity index (χ0n) is 13.1. The molecule has 0 aliphatic carbocycles. The number of nitrogens with zero attached hydrogens (tertiary/aromatic N) is 1. The van der Waals surface area contributed by atoms with E-state index in [1.807, 2.05) is 37.3 Å². The van der Waals surface area contributed by atoms with E-state index >= 15 is 0 Å². The van der Waals surface area contributed by atoms with Crippen LogP contribution in [0.3, 0.4) is 0 Å². The molecule has 2 rings (SSSR count). The lowest BCUT2D eigenvalue weighted by Crippen LogP contribution is -2.41. The molecule has 0 aromatic heterocycles. The summed E-state index contributed by atoms with van der Waals surface area (Å²) in [6.07, 6.45) is 0. The number of hydrogen-bond donors (Lipinski definition) is 1. The van der Waals surface area contributed by atoms with Gasteiger partial charge < -0.3 is 0 Å². The first kappa shape index (κ1) is 17.2. The van der Waals surface area contributed by atoms with E-state index < -0.39 is 22.0 Å². The van der Waals surface area contributed by atoms with Crippen LogP contribution >= 0.6 is 0 Å². The molecule has 0 saturated heterocycles. The van der Waals surface area contributed by atoms with Crippen LogP contribution in [0, 0.1) is 0 Å². The third-order valence-corrected chi connectivity index (χ3v) is 4.95. The Morgan fingerprint density at radius 2 is 1.57 bits per heavy atom. The molecule has 122 valence electrons. The summed E-state index contributed by atoms with van der Waals surface area (Å²) in [6, 6.07) is 16.3. The molecular formula is C17H20N2O3S. The Labute approximate surface area is 137 Å². The van der Waals surface area contributed by atoms with Crippen molar-refractivity contribution in [3.8, 4) is 0 Å². The van der Waals surface area contributed by atoms with Crippen LogP contribution in [0.2, 0.25) is 0 Å². The maximum Gasteiger partial charge on any atom is 0.264 e. The second-order valence-electron chi connectivity index (χ2n) is 5.17. The monoisotopic (exact) mass is 332 g/mol. The van der Waals surface area contributed by atoms with Gasteiger partial charge in [-0.1, -0.05) is 55.5 Å². The highest BCUT2D eigenvalue weighted by molar-refractivity contribution is 7.90. The van der Waals surface area contributed by atoms with Gasteiger partial charge in [0.05, 0.1) is 4.90 Å². The minimum Gasteiger partial charge on any atom is -0.292 e. The lowest BCUT2D eigenvalue weighted by atomic mass is 10.1. The second-order valence-corrected chi connectivity index (χ2v) is 6.85. The van der Waals surface area contributed by atoms with Crippen LogP contribution < -0.4 is 4.72 Å². The van der Waals surface area contributed by atoms with Gasteiger partial charge in [-0.05, 0) is 31.3 Å². The fourth-order valence-electron chi connectivity index (χ4n) is 2.27. The van der Waals surface area contributed by atoms with Crippen molar-refractivity contribution >= 4 is 15.9 Å². The zero-order chi connectivity index (χ0) is 16.9. The van der Waals surface area contributed by atoms with E-state index in [2.05, 4.69) is 4.72 Å². The Morgan fingerprint density at radius 3 is 2.09 bits per heavy atom. The molecule has 0 aliphatic heterocycles. The van der Waals surface area contributed by atoms with Gasteiger partial charge in [-0.3, -0.25) is 9.69 Å². The summed E-state index contributed by atoms with van der Waals surface area (Å²) in [5, 5.41) is 0. The highest BCUT2D eigenvalue weighted by Gasteiger charge is 2.28. The van der Waals surface area contributed by atoms with E-state index in [9.17, 15) is 13.2 Å². The first-order valence-electron chi connectivity index (χ1n) is 7.32. The van der Waals surface area contributed by atoms with Crippen molar-refractivity contribution in [3.63, 3.8) is 0 Å². The molecule has 0 saturated carbocycles. The fourth-order valence-corrected chi connectivity index (χ4v) is 3.28. The molecule has 0 aliphatic rings. The molecule has 0 bridgehead atoms. The molecule has 2 aromatic carbocycles. The molecule has 1 unspecified atom stereocenters. The number of nitrogens with one attached hydrogen (secondary N) is 1. The van der Waals surface area contributed by atoms with Crippen molar-refractivity contribution in [1.29, 1.82) is 0 Å². The van der Waals surface area contributed by atoms with E-state index in [0.717, 1.165) is 5.56 Å². The predicted molar refractivity (Wildman–Crippen MR) is 89.3 cm³/mol. The first-order valence-corrected chi connectivity index (χ1v) is 8.81. The number of benzene rings is 2. The number of carbonyl (C=O) groups is 1. The van der Waals surface area contributed by atoms with Crippen LogP contribution in [0.15, 0.2) is 65.6 Å². The van der Waals surface area contributed by atoms with Crippen LogP contribution in [0.4, 0.5) is 0 Å². The number of likely N-dealkylation sites (N-methyl/N-ethyl adjacent to an activating group) is 1. The van der Waals surface area contributed by atoms with Crippen LogP contribution in [0.1, 0.15) is 18.5 Å². The molecule has 5 nitrogen and oxygen atoms in total. The predicted octanol–water partition coefficient (Wildman–Crippen LogP) is 2.18. The summed E-state index contributed by atoms with van der Waals surface area (Å²) in [5.41, 5.74) is 0.748. The largest absolute Gasteiger partial charge is 0.292 e. The molecule has 2 aromatic rings. The van der Waals surface area contributed by atoms with Crippen molar-refractivity contribution < 1.29 is 13.2 Å². The Morgan fingerprint density at radius 1 is 1.04 bits per heavy atom. The minimum atomic E-state index is -3.88. The number of sulfonamides is 1. The summed E-state index contributed by atoms with van der Waals surface area (Å²) < 4.78 is 26.9. The number of rotatable bonds is 6. The van der Waals surface area contributed by atoms with Crippen molar-refractivity contribution in [2.24, 2.45) is 0 Å². The normalized spacial score (nSPS) is 12.8. The number of carbonyl (C=O) groups excluding carboxylic acids is 1. The van der Waals surface area contributed by atoms with Crippen LogP contribution in [0.25, 0.3) is 0 Å². The molecule has 1 amide bonds. The molecule has 0 radical (unpaired) electrons. The van der Waals surface area contributed by atoms with Gasteiger partial charge in [0.1, 0.15) is 6.04 Å². The highest BCUT2D eigenvalue weighted by Crippen LogP contribution is 2.20. The molecule has 23 heavy (non-hydrogen) atoms. The summed E-state index contributed by atoms with van der Waals surface area (Å²) in [5.74, 6) is -0.565. The molecule has 6 heteroatoms. The maximum atomic E-state index is 12.6. The Hall–Kier alpha value is -2.18. The van der Waals surface area contributed by atoms with E-state index in [1.165, 1.54) is 12.1 Å². The molecule has 0 fully saturated rings. The Balaban J connectivity index is 2.29. The number of hydrogen-bond acceptors (Lipinski definition) is 4. The van der Waals surface area contributed by atoms with Gasteiger partial charge in [-0.25, -0.2) is 13.1 Å². The van der Waals surface area contributed by atoms with Gasteiger partial charge in [0, 0.05) is 0 Å². The summed E-state index contributed by atoms with van der Waals surface area (Å²) >= 11 is 0. The average Bonchev–Trinajstić information content (AvgIpc) is 2.56. The standard InChI is InChI=1S/C17H20N2O3S/c1-3-19(2)16(14-10-6-4-7-11-14)17(20)18-23(21,22)15-12-8-5-9-13-15/h4-13,16H,3H2,1-2H3,(H,18,20). The minimum absolute atomic E-state index is 0.0688. The van der Waals surface area contributed by atoms with Crippen LogP contribution in [0.5, 0.6) is 0 Å². The summed E-state index contributed by atoms with van der Waals surface area (Å²) in [4.78, 5) is 14.5. The summed E-state index contributed by atoms with van der Waals surface area (Å²) in [6.45, 7) is 2.52. The smallest absolute Gasteiger partial charge is 0.264 e. The second kappa shape index (κ2) is 7.39. The molecule has 1 N–H and O–H groups in total. The summed E-state index contributed by atoms with van der Waals surface area (Å²) in [7, 11) is -2.10. The van der Waals surface area contributed by atoms with Crippen LogP contribution in [-0.2, 0) is 14.8 Å². The van der Waals surface area contributed by atoms with Gasteiger partial charge in [0.25, 0.3) is 15.9 Å². The van der Waals surface area contributed by atoms with Gasteiger partial charge in [-0.15, -0.1) is 0 Å². The lowest BCUT2D eigenvalue weighted by Gasteiger charge is -2.26. The quantitative estimate of drug-likeness (QED) is 0.880. The highest BCUT2D eigenvalue weighted by atomic mass is 32.2. The third kappa shape index (κ3) is 4.18.